The van der Waals surface area contributed by atoms with E-state index in [1.165, 1.54) is 18.2 Å². The predicted octanol–water partition coefficient (Wildman–Crippen LogP) is 5.02. The Morgan fingerprint density at radius 1 is 1.32 bits per heavy atom. The minimum atomic E-state index is -0.238. The van der Waals surface area contributed by atoms with Crippen molar-refractivity contribution in [1.82, 2.24) is 4.90 Å². The van der Waals surface area contributed by atoms with Gasteiger partial charge in [0.15, 0.2) is 0 Å². The number of rotatable bonds is 1. The number of benzene rings is 1. The standard InChI is InChI=1S/C12H15NO2.C2H6.2CH4/c1-3-11-10-7-5-4-6-9(10)8-13(11)12(14)15-2;1-2;;/h4-7,11H,3,8H2,1-2H3;1-2H3;2*1H4. The fraction of sp³-hybridized carbons (Fsp3) is 0.562. The van der Waals surface area contributed by atoms with Gasteiger partial charge in [-0.05, 0) is 17.5 Å². The topological polar surface area (TPSA) is 29.5 Å². The quantitative estimate of drug-likeness (QED) is 0.715. The van der Waals surface area contributed by atoms with Crippen molar-refractivity contribution in [3.05, 3.63) is 35.4 Å². The van der Waals surface area contributed by atoms with Crippen LogP contribution >= 0.6 is 0 Å². The number of ether oxygens (including phenoxy) is 1. The molecule has 19 heavy (non-hydrogen) atoms. The van der Waals surface area contributed by atoms with E-state index in [0.29, 0.717) is 6.54 Å². The van der Waals surface area contributed by atoms with Crippen molar-refractivity contribution in [2.45, 2.75) is 54.6 Å². The second-order valence-electron chi connectivity index (χ2n) is 3.72. The van der Waals surface area contributed by atoms with Gasteiger partial charge in [-0.3, -0.25) is 4.90 Å². The number of amides is 1. The SMILES string of the molecule is C.C.CC.CCC1c2ccccc2CN1C(=O)OC. The van der Waals surface area contributed by atoms with Gasteiger partial charge in [0, 0.05) is 6.54 Å². The molecular weight excluding hydrogens is 238 g/mol. The monoisotopic (exact) mass is 267 g/mol. The Morgan fingerprint density at radius 3 is 2.42 bits per heavy atom. The maximum Gasteiger partial charge on any atom is 0.410 e. The first-order chi connectivity index (χ1) is 8.27. The smallest absolute Gasteiger partial charge is 0.410 e. The molecule has 0 N–H and O–H groups in total. The highest BCUT2D eigenvalue weighted by atomic mass is 16.5. The molecule has 0 bridgehead atoms. The first-order valence-corrected chi connectivity index (χ1v) is 6.20. The van der Waals surface area contributed by atoms with E-state index >= 15 is 0 Å². The van der Waals surface area contributed by atoms with Gasteiger partial charge in [-0.1, -0.05) is 59.9 Å². The second kappa shape index (κ2) is 9.42. The van der Waals surface area contributed by atoms with E-state index in [0.717, 1.165) is 6.42 Å². The van der Waals surface area contributed by atoms with Crippen LogP contribution in [-0.2, 0) is 11.3 Å². The molecule has 1 amide bonds. The summed E-state index contributed by atoms with van der Waals surface area (Å²) in [6.07, 6.45) is 0.685. The zero-order valence-electron chi connectivity index (χ0n) is 11.1. The molecule has 110 valence electrons. The predicted molar refractivity (Wildman–Crippen MR) is 82.2 cm³/mol. The highest BCUT2D eigenvalue weighted by Gasteiger charge is 2.32. The summed E-state index contributed by atoms with van der Waals surface area (Å²) in [7, 11) is 1.43. The third kappa shape index (κ3) is 3.98. The average molecular weight is 267 g/mol. The number of methoxy groups -OCH3 is 1. The maximum atomic E-state index is 11.6. The van der Waals surface area contributed by atoms with Crippen molar-refractivity contribution in [1.29, 1.82) is 0 Å². The van der Waals surface area contributed by atoms with E-state index in [4.69, 9.17) is 4.74 Å². The van der Waals surface area contributed by atoms with Crippen LogP contribution in [0.2, 0.25) is 0 Å². The van der Waals surface area contributed by atoms with Crippen LogP contribution in [0.4, 0.5) is 4.79 Å². The van der Waals surface area contributed by atoms with Gasteiger partial charge in [0.2, 0.25) is 0 Å². The number of nitrogens with zero attached hydrogens (tertiary/aromatic N) is 1. The third-order valence-corrected chi connectivity index (χ3v) is 2.93. The Morgan fingerprint density at radius 2 is 1.89 bits per heavy atom. The molecule has 1 aromatic rings. The molecule has 1 aromatic carbocycles. The molecule has 0 fully saturated rings. The van der Waals surface area contributed by atoms with Crippen LogP contribution in [0.25, 0.3) is 0 Å². The fourth-order valence-electron chi connectivity index (χ4n) is 2.21. The molecule has 0 saturated heterocycles. The summed E-state index contributed by atoms with van der Waals surface area (Å²) in [6, 6.07) is 8.36. The van der Waals surface area contributed by atoms with E-state index in [1.807, 2.05) is 26.0 Å². The summed E-state index contributed by atoms with van der Waals surface area (Å²) in [6.45, 7) is 6.75. The Balaban J connectivity index is 0. The lowest BCUT2D eigenvalue weighted by atomic mass is 10.0. The zero-order chi connectivity index (χ0) is 12.8. The van der Waals surface area contributed by atoms with Crippen LogP contribution in [0.5, 0.6) is 0 Å². The largest absolute Gasteiger partial charge is 0.453 e. The summed E-state index contributed by atoms with van der Waals surface area (Å²) >= 11 is 0. The van der Waals surface area contributed by atoms with Crippen molar-refractivity contribution in [2.75, 3.05) is 7.11 Å². The molecule has 1 aliphatic heterocycles. The van der Waals surface area contributed by atoms with E-state index < -0.39 is 0 Å². The van der Waals surface area contributed by atoms with Crippen LogP contribution in [-0.4, -0.2) is 18.1 Å². The molecule has 3 heteroatoms. The zero-order valence-corrected chi connectivity index (χ0v) is 11.1. The first-order valence-electron chi connectivity index (χ1n) is 6.20. The summed E-state index contributed by atoms with van der Waals surface area (Å²) in [5.41, 5.74) is 2.49. The molecule has 2 rings (SSSR count). The van der Waals surface area contributed by atoms with Gasteiger partial charge < -0.3 is 4.74 Å². The minimum absolute atomic E-state index is 0. The van der Waals surface area contributed by atoms with Gasteiger partial charge in [-0.25, -0.2) is 4.79 Å². The first kappa shape index (κ1) is 19.8. The lowest BCUT2D eigenvalue weighted by Gasteiger charge is -2.22. The van der Waals surface area contributed by atoms with Crippen molar-refractivity contribution in [2.24, 2.45) is 0 Å². The molecule has 1 unspecified atom stereocenters. The average Bonchev–Trinajstić information content (AvgIpc) is 2.78. The Kier molecular flexibility index (Phi) is 9.83. The van der Waals surface area contributed by atoms with Crippen LogP contribution in [0.3, 0.4) is 0 Å². The minimum Gasteiger partial charge on any atom is -0.453 e. The highest BCUT2D eigenvalue weighted by Crippen LogP contribution is 2.35. The van der Waals surface area contributed by atoms with Crippen molar-refractivity contribution < 1.29 is 9.53 Å². The van der Waals surface area contributed by atoms with Gasteiger partial charge in [0.25, 0.3) is 0 Å². The molecule has 0 radical (unpaired) electrons. The van der Waals surface area contributed by atoms with E-state index in [-0.39, 0.29) is 27.0 Å². The molecule has 3 nitrogen and oxygen atoms in total. The van der Waals surface area contributed by atoms with E-state index in [1.54, 1.807) is 4.90 Å². The summed E-state index contributed by atoms with van der Waals surface area (Å²) in [4.78, 5) is 13.3. The molecular formula is C16H29NO2. The van der Waals surface area contributed by atoms with Crippen molar-refractivity contribution in [3.63, 3.8) is 0 Å². The summed E-state index contributed by atoms with van der Waals surface area (Å²) in [5.74, 6) is 0. The number of carbonyl (C=O) groups is 1. The van der Waals surface area contributed by atoms with Crippen LogP contribution in [0.15, 0.2) is 24.3 Å². The van der Waals surface area contributed by atoms with Gasteiger partial charge in [0.1, 0.15) is 0 Å². The molecule has 0 saturated carbocycles. The number of carbonyl (C=O) groups excluding carboxylic acids is 1. The number of hydrogen-bond donors (Lipinski definition) is 0. The van der Waals surface area contributed by atoms with Crippen molar-refractivity contribution >= 4 is 6.09 Å². The Bertz CT molecular complexity index is 377. The lowest BCUT2D eigenvalue weighted by Crippen LogP contribution is -2.28. The van der Waals surface area contributed by atoms with Gasteiger partial charge in [-0.15, -0.1) is 0 Å². The molecule has 0 aliphatic carbocycles. The van der Waals surface area contributed by atoms with E-state index in [9.17, 15) is 4.79 Å². The molecule has 1 aliphatic rings. The second-order valence-corrected chi connectivity index (χ2v) is 3.72. The number of fused-ring (bicyclic) bond motifs is 1. The normalized spacial score (nSPS) is 15.2. The Labute approximate surface area is 118 Å². The van der Waals surface area contributed by atoms with Gasteiger partial charge in [-0.2, -0.15) is 0 Å². The summed E-state index contributed by atoms with van der Waals surface area (Å²) in [5, 5.41) is 0. The molecule has 0 spiro atoms. The van der Waals surface area contributed by atoms with Crippen LogP contribution < -0.4 is 0 Å². The Hall–Kier alpha value is -1.51. The van der Waals surface area contributed by atoms with Gasteiger partial charge in [0.05, 0.1) is 13.2 Å². The van der Waals surface area contributed by atoms with E-state index in [2.05, 4.69) is 19.1 Å². The third-order valence-electron chi connectivity index (χ3n) is 2.93. The highest BCUT2D eigenvalue weighted by molar-refractivity contribution is 5.69. The van der Waals surface area contributed by atoms with Gasteiger partial charge >= 0.3 is 6.09 Å². The van der Waals surface area contributed by atoms with Crippen LogP contribution in [0.1, 0.15) is 59.2 Å². The van der Waals surface area contributed by atoms with Crippen LogP contribution in [0, 0.1) is 0 Å². The lowest BCUT2D eigenvalue weighted by molar-refractivity contribution is 0.107. The maximum absolute atomic E-state index is 11.6. The fourth-order valence-corrected chi connectivity index (χ4v) is 2.21. The summed E-state index contributed by atoms with van der Waals surface area (Å²) < 4.78 is 4.78. The van der Waals surface area contributed by atoms with Crippen molar-refractivity contribution in [3.8, 4) is 0 Å². The molecule has 1 atom stereocenters. The molecule has 1 heterocycles. The number of hydrogen-bond acceptors (Lipinski definition) is 2. The molecule has 0 aromatic heterocycles.